The van der Waals surface area contributed by atoms with Crippen LogP contribution in [0.5, 0.6) is 0 Å². The molecule has 0 aliphatic heterocycles. The van der Waals surface area contributed by atoms with Gasteiger partial charge in [0.25, 0.3) is 0 Å². The molecule has 2 aromatic heterocycles. The van der Waals surface area contributed by atoms with E-state index in [1.54, 1.807) is 0 Å². The van der Waals surface area contributed by atoms with Crippen LogP contribution >= 0.6 is 0 Å². The van der Waals surface area contributed by atoms with Gasteiger partial charge in [-0.1, -0.05) is 18.2 Å². The number of hydrogen-bond donors (Lipinski definition) is 2. The summed E-state index contributed by atoms with van der Waals surface area (Å²) in [6, 6.07) is 8.12. The molecule has 0 unspecified atom stereocenters. The highest BCUT2D eigenvalue weighted by Gasteiger charge is 2.17. The number of ether oxygens (including phenoxy) is 1. The number of benzene rings is 1. The summed E-state index contributed by atoms with van der Waals surface area (Å²) in [5, 5.41) is 13.4. The van der Waals surface area contributed by atoms with Crippen molar-refractivity contribution in [1.29, 1.82) is 0 Å². The number of para-hydroxylation sites is 1. The summed E-state index contributed by atoms with van der Waals surface area (Å²) in [5.41, 5.74) is 2.90. The van der Waals surface area contributed by atoms with Crippen LogP contribution in [0.15, 0.2) is 24.3 Å². The molecule has 0 atom stereocenters. The SMILES string of the molecule is CCOCc1nc2c(NC)nc3ccccc3c2n1CCCCO. The number of nitrogens with zero attached hydrogens (tertiary/aromatic N) is 3. The average molecular weight is 328 g/mol. The molecule has 2 heterocycles. The Morgan fingerprint density at radius 2 is 2.04 bits per heavy atom. The molecular weight excluding hydrogens is 304 g/mol. The van der Waals surface area contributed by atoms with Crippen LogP contribution in [-0.4, -0.2) is 39.9 Å². The van der Waals surface area contributed by atoms with Crippen molar-refractivity contribution < 1.29 is 9.84 Å². The van der Waals surface area contributed by atoms with E-state index in [4.69, 9.17) is 14.8 Å². The molecule has 3 rings (SSSR count). The van der Waals surface area contributed by atoms with Crippen LogP contribution in [0.1, 0.15) is 25.6 Å². The summed E-state index contributed by atoms with van der Waals surface area (Å²) in [6.45, 7) is 4.11. The van der Waals surface area contributed by atoms with E-state index in [2.05, 4.69) is 20.9 Å². The van der Waals surface area contributed by atoms with Gasteiger partial charge < -0.3 is 19.7 Å². The number of hydrogen-bond acceptors (Lipinski definition) is 5. The molecule has 6 nitrogen and oxygen atoms in total. The smallest absolute Gasteiger partial charge is 0.154 e. The summed E-state index contributed by atoms with van der Waals surface area (Å²) in [5.74, 6) is 1.68. The van der Waals surface area contributed by atoms with Gasteiger partial charge in [-0.3, -0.25) is 0 Å². The predicted octanol–water partition coefficient (Wildman–Crippen LogP) is 2.94. The molecule has 0 aliphatic rings. The van der Waals surface area contributed by atoms with Crippen LogP contribution in [-0.2, 0) is 17.9 Å². The number of imidazole rings is 1. The van der Waals surface area contributed by atoms with Crippen LogP contribution in [0, 0.1) is 0 Å². The first-order chi connectivity index (χ1) is 11.8. The zero-order chi connectivity index (χ0) is 16.9. The summed E-state index contributed by atoms with van der Waals surface area (Å²) >= 11 is 0. The summed E-state index contributed by atoms with van der Waals surface area (Å²) in [4.78, 5) is 9.49. The molecule has 0 spiro atoms. The van der Waals surface area contributed by atoms with Gasteiger partial charge in [-0.15, -0.1) is 0 Å². The lowest BCUT2D eigenvalue weighted by molar-refractivity contribution is 0.125. The van der Waals surface area contributed by atoms with E-state index in [0.717, 1.165) is 53.0 Å². The number of fused-ring (bicyclic) bond motifs is 3. The Morgan fingerprint density at radius 1 is 1.21 bits per heavy atom. The number of aromatic nitrogens is 3. The summed E-state index contributed by atoms with van der Waals surface area (Å²) in [7, 11) is 1.86. The first-order valence-corrected chi connectivity index (χ1v) is 8.44. The molecule has 0 radical (unpaired) electrons. The summed E-state index contributed by atoms with van der Waals surface area (Å²) in [6.07, 6.45) is 1.67. The number of rotatable bonds is 8. The fourth-order valence-electron chi connectivity index (χ4n) is 2.98. The van der Waals surface area contributed by atoms with Crippen molar-refractivity contribution in [2.45, 2.75) is 32.9 Å². The van der Waals surface area contributed by atoms with Gasteiger partial charge in [0.1, 0.15) is 17.9 Å². The van der Waals surface area contributed by atoms with Crippen LogP contribution < -0.4 is 5.32 Å². The number of nitrogens with one attached hydrogen (secondary N) is 1. The third-order valence-electron chi connectivity index (χ3n) is 4.12. The first-order valence-electron chi connectivity index (χ1n) is 8.44. The molecule has 0 fully saturated rings. The standard InChI is InChI=1S/C18H24N4O2/c1-3-24-12-15-21-16-17(22(15)10-6-7-11-23)13-8-4-5-9-14(13)20-18(16)19-2/h4-5,8-9,23H,3,6-7,10-12H2,1-2H3,(H,19,20). The fraction of sp³-hybridized carbons (Fsp3) is 0.444. The molecule has 24 heavy (non-hydrogen) atoms. The van der Waals surface area contributed by atoms with Crippen molar-refractivity contribution in [3.8, 4) is 0 Å². The van der Waals surface area contributed by atoms with Crippen molar-refractivity contribution in [1.82, 2.24) is 14.5 Å². The highest BCUT2D eigenvalue weighted by Crippen LogP contribution is 2.30. The minimum absolute atomic E-state index is 0.206. The number of aryl methyl sites for hydroxylation is 1. The lowest BCUT2D eigenvalue weighted by Gasteiger charge is -2.11. The molecule has 6 heteroatoms. The van der Waals surface area contributed by atoms with Crippen molar-refractivity contribution in [2.75, 3.05) is 25.6 Å². The van der Waals surface area contributed by atoms with Gasteiger partial charge in [0.05, 0.1) is 11.0 Å². The third kappa shape index (κ3) is 3.07. The molecule has 2 N–H and O–H groups in total. The van der Waals surface area contributed by atoms with Gasteiger partial charge in [-0.25, -0.2) is 9.97 Å². The van der Waals surface area contributed by atoms with E-state index in [0.29, 0.717) is 13.2 Å². The predicted molar refractivity (Wildman–Crippen MR) is 96.2 cm³/mol. The van der Waals surface area contributed by atoms with Crippen LogP contribution in [0.3, 0.4) is 0 Å². The van der Waals surface area contributed by atoms with E-state index in [-0.39, 0.29) is 6.61 Å². The topological polar surface area (TPSA) is 72.2 Å². The quantitative estimate of drug-likeness (QED) is 0.622. The minimum Gasteiger partial charge on any atom is -0.396 e. The monoisotopic (exact) mass is 328 g/mol. The van der Waals surface area contributed by atoms with Crippen molar-refractivity contribution in [3.05, 3.63) is 30.1 Å². The average Bonchev–Trinajstić information content (AvgIpc) is 2.98. The Labute approximate surface area is 141 Å². The molecule has 1 aromatic carbocycles. The number of aliphatic hydroxyl groups excluding tert-OH is 1. The van der Waals surface area contributed by atoms with Gasteiger partial charge in [0.15, 0.2) is 5.82 Å². The van der Waals surface area contributed by atoms with Gasteiger partial charge in [-0.2, -0.15) is 0 Å². The Balaban J connectivity index is 2.22. The highest BCUT2D eigenvalue weighted by molar-refractivity contribution is 6.06. The summed E-state index contributed by atoms with van der Waals surface area (Å²) < 4.78 is 7.82. The fourth-order valence-corrected chi connectivity index (χ4v) is 2.98. The van der Waals surface area contributed by atoms with Crippen LogP contribution in [0.25, 0.3) is 21.9 Å². The van der Waals surface area contributed by atoms with Crippen LogP contribution in [0.2, 0.25) is 0 Å². The Kier molecular flexibility index (Phi) is 5.27. The molecule has 0 saturated heterocycles. The first kappa shape index (κ1) is 16.7. The second kappa shape index (κ2) is 7.59. The van der Waals surface area contributed by atoms with E-state index in [1.165, 1.54) is 0 Å². The van der Waals surface area contributed by atoms with Gasteiger partial charge in [0.2, 0.25) is 0 Å². The molecule has 0 aliphatic carbocycles. The highest BCUT2D eigenvalue weighted by atomic mass is 16.5. The number of anilines is 1. The van der Waals surface area contributed by atoms with Crippen LogP contribution in [0.4, 0.5) is 5.82 Å². The van der Waals surface area contributed by atoms with Crippen molar-refractivity contribution in [3.63, 3.8) is 0 Å². The largest absolute Gasteiger partial charge is 0.396 e. The normalized spacial score (nSPS) is 11.5. The van der Waals surface area contributed by atoms with E-state index < -0.39 is 0 Å². The van der Waals surface area contributed by atoms with Gasteiger partial charge in [-0.05, 0) is 25.8 Å². The lowest BCUT2D eigenvalue weighted by atomic mass is 10.2. The lowest BCUT2D eigenvalue weighted by Crippen LogP contribution is -2.07. The van der Waals surface area contributed by atoms with Crippen molar-refractivity contribution >= 4 is 27.8 Å². The van der Waals surface area contributed by atoms with Gasteiger partial charge in [0, 0.05) is 32.2 Å². The zero-order valence-electron chi connectivity index (χ0n) is 14.2. The molecule has 0 saturated carbocycles. The maximum atomic E-state index is 9.10. The minimum atomic E-state index is 0.206. The zero-order valence-corrected chi connectivity index (χ0v) is 14.2. The number of pyridine rings is 1. The molecule has 0 amide bonds. The van der Waals surface area contributed by atoms with E-state index >= 15 is 0 Å². The number of unbranched alkanes of at least 4 members (excludes halogenated alkanes) is 1. The Morgan fingerprint density at radius 3 is 2.79 bits per heavy atom. The second-order valence-electron chi connectivity index (χ2n) is 5.67. The molecular formula is C18H24N4O2. The Bertz CT molecular complexity index is 829. The Hall–Kier alpha value is -2.18. The van der Waals surface area contributed by atoms with Crippen molar-refractivity contribution in [2.24, 2.45) is 0 Å². The maximum absolute atomic E-state index is 9.10. The van der Waals surface area contributed by atoms with Gasteiger partial charge >= 0.3 is 0 Å². The number of aliphatic hydroxyl groups is 1. The van der Waals surface area contributed by atoms with E-state index in [1.807, 2.05) is 32.2 Å². The molecule has 0 bridgehead atoms. The molecule has 3 aromatic rings. The third-order valence-corrected chi connectivity index (χ3v) is 4.12. The second-order valence-corrected chi connectivity index (χ2v) is 5.67. The molecule has 128 valence electrons. The maximum Gasteiger partial charge on any atom is 0.154 e. The van der Waals surface area contributed by atoms with E-state index in [9.17, 15) is 0 Å².